The lowest BCUT2D eigenvalue weighted by atomic mass is 10.2. The van der Waals surface area contributed by atoms with Gasteiger partial charge in [0, 0.05) is 13.1 Å². The summed E-state index contributed by atoms with van der Waals surface area (Å²) >= 11 is 3.14. The van der Waals surface area contributed by atoms with Gasteiger partial charge in [-0.1, -0.05) is 30.3 Å². The molecule has 0 radical (unpaired) electrons. The number of aromatic amines is 1. The number of nitrogens with zero attached hydrogens (tertiary/aromatic N) is 2. The van der Waals surface area contributed by atoms with Gasteiger partial charge in [0.1, 0.15) is 11.6 Å². The Bertz CT molecular complexity index is 1280. The van der Waals surface area contributed by atoms with E-state index in [9.17, 15) is 19.2 Å². The van der Waals surface area contributed by atoms with E-state index >= 15 is 0 Å². The third-order valence-corrected chi connectivity index (χ3v) is 4.85. The fraction of sp³-hybridized carbons (Fsp3) is 0.143. The number of halogens is 1. The van der Waals surface area contributed by atoms with Gasteiger partial charge in [0.15, 0.2) is 17.0 Å². The Morgan fingerprint density at radius 1 is 1.22 bits per heavy atom. The van der Waals surface area contributed by atoms with Crippen LogP contribution in [-0.2, 0) is 20.9 Å². The predicted molar refractivity (Wildman–Crippen MR) is 121 cm³/mol. The molecule has 10 nitrogen and oxygen atoms in total. The highest BCUT2D eigenvalue weighted by atomic mass is 79.9. The van der Waals surface area contributed by atoms with Gasteiger partial charge < -0.3 is 19.8 Å². The molecule has 3 N–H and O–H groups in total. The van der Waals surface area contributed by atoms with Crippen molar-refractivity contribution in [3.63, 3.8) is 0 Å². The van der Waals surface area contributed by atoms with E-state index in [-0.39, 0.29) is 18.1 Å². The third-order valence-electron chi connectivity index (χ3n) is 4.42. The maximum Gasteiger partial charge on any atom is 0.331 e. The summed E-state index contributed by atoms with van der Waals surface area (Å²) in [7, 11) is 1.30. The van der Waals surface area contributed by atoms with Crippen LogP contribution in [0.25, 0.3) is 6.08 Å². The highest BCUT2D eigenvalue weighted by Crippen LogP contribution is 2.17. The fourth-order valence-electron chi connectivity index (χ4n) is 2.80. The topological polar surface area (TPSA) is 141 Å². The van der Waals surface area contributed by atoms with Crippen LogP contribution in [0.3, 0.4) is 0 Å². The lowest BCUT2D eigenvalue weighted by Gasteiger charge is -2.20. The van der Waals surface area contributed by atoms with Crippen LogP contribution < -0.4 is 21.9 Å². The number of nitrogens with one attached hydrogen (secondary N) is 1. The predicted octanol–water partition coefficient (Wildman–Crippen LogP) is 1.74. The van der Waals surface area contributed by atoms with E-state index in [1.807, 2.05) is 6.07 Å². The number of nitrogen functional groups attached to an aromatic ring is 1. The van der Waals surface area contributed by atoms with Crippen molar-refractivity contribution in [2.75, 3.05) is 24.3 Å². The van der Waals surface area contributed by atoms with Crippen LogP contribution in [0.2, 0.25) is 0 Å². The molecular formula is C21H19BrN4O6. The summed E-state index contributed by atoms with van der Waals surface area (Å²) in [6, 6.07) is 12.3. The number of nitrogens with two attached hydrogens (primary N) is 1. The van der Waals surface area contributed by atoms with Crippen LogP contribution in [0, 0.1) is 0 Å². The smallest absolute Gasteiger partial charge is 0.331 e. The van der Waals surface area contributed by atoms with E-state index < -0.39 is 29.7 Å². The zero-order valence-electron chi connectivity index (χ0n) is 16.9. The first kappa shape index (κ1) is 22.8. The summed E-state index contributed by atoms with van der Waals surface area (Å²) in [6.45, 7) is -0.543. The molecule has 3 rings (SSSR count). The third kappa shape index (κ3) is 5.43. The van der Waals surface area contributed by atoms with Gasteiger partial charge in [-0.2, -0.15) is 0 Å². The largest absolute Gasteiger partial charge is 0.452 e. The van der Waals surface area contributed by atoms with Crippen molar-refractivity contribution in [3.05, 3.63) is 85.4 Å². The summed E-state index contributed by atoms with van der Waals surface area (Å²) in [5.74, 6) is -1.27. The normalized spacial score (nSPS) is 10.9. The monoisotopic (exact) mass is 502 g/mol. The summed E-state index contributed by atoms with van der Waals surface area (Å²) in [4.78, 5) is 52.0. The van der Waals surface area contributed by atoms with E-state index in [0.717, 1.165) is 21.1 Å². The number of furan rings is 1. The molecule has 0 spiro atoms. The molecule has 0 saturated heterocycles. The standard InChI is InChI=1S/C21H19BrN4O6/c1-25(16(27)12-31-17(28)10-8-14-7-9-15(22)32-14)18-19(23)26(21(30)24-20(18)29)11-13-5-3-2-4-6-13/h2-10H,11-12,23H2,1H3,(H,24,29,30)/b10-8-. The second-order valence-electron chi connectivity index (χ2n) is 6.60. The van der Waals surface area contributed by atoms with Crippen LogP contribution in [0.5, 0.6) is 0 Å². The number of ether oxygens (including phenoxy) is 1. The van der Waals surface area contributed by atoms with Gasteiger partial charge in [-0.05, 0) is 39.7 Å². The van der Waals surface area contributed by atoms with Gasteiger partial charge in [0.2, 0.25) is 0 Å². The molecule has 1 amide bonds. The second-order valence-corrected chi connectivity index (χ2v) is 7.38. The molecule has 166 valence electrons. The number of H-pyrrole nitrogens is 1. The first-order chi connectivity index (χ1) is 15.3. The Kier molecular flexibility index (Phi) is 7.11. The molecule has 0 aliphatic heterocycles. The number of carbonyl (C=O) groups excluding carboxylic acids is 2. The summed E-state index contributed by atoms with van der Waals surface area (Å²) in [5.41, 5.74) is 5.07. The number of hydrogen-bond donors (Lipinski definition) is 2. The molecule has 0 saturated carbocycles. The molecule has 0 atom stereocenters. The van der Waals surface area contributed by atoms with Crippen LogP contribution in [-0.4, -0.2) is 35.1 Å². The number of aromatic nitrogens is 2. The van der Waals surface area contributed by atoms with Crippen molar-refractivity contribution in [1.29, 1.82) is 0 Å². The second kappa shape index (κ2) is 9.96. The first-order valence-electron chi connectivity index (χ1n) is 9.29. The number of rotatable bonds is 7. The van der Waals surface area contributed by atoms with E-state index in [0.29, 0.717) is 10.4 Å². The number of carbonyl (C=O) groups is 2. The Morgan fingerprint density at radius 3 is 2.59 bits per heavy atom. The molecule has 32 heavy (non-hydrogen) atoms. The molecule has 0 unspecified atom stereocenters. The maximum atomic E-state index is 12.5. The summed E-state index contributed by atoms with van der Waals surface area (Å²) in [6.07, 6.45) is 2.48. The molecule has 0 bridgehead atoms. The van der Waals surface area contributed by atoms with Crippen LogP contribution in [0.15, 0.2) is 67.2 Å². The molecular weight excluding hydrogens is 484 g/mol. The molecule has 11 heteroatoms. The van der Waals surface area contributed by atoms with Crippen LogP contribution >= 0.6 is 15.9 Å². The van der Waals surface area contributed by atoms with Crippen molar-refractivity contribution in [3.8, 4) is 0 Å². The molecule has 0 aliphatic carbocycles. The zero-order valence-corrected chi connectivity index (χ0v) is 18.5. The van der Waals surface area contributed by atoms with E-state index in [2.05, 4.69) is 20.9 Å². The van der Waals surface area contributed by atoms with Crippen molar-refractivity contribution >= 4 is 45.4 Å². The van der Waals surface area contributed by atoms with Gasteiger partial charge >= 0.3 is 11.7 Å². The summed E-state index contributed by atoms with van der Waals surface area (Å²) in [5, 5.41) is 0. The molecule has 1 aromatic carbocycles. The van der Waals surface area contributed by atoms with Crippen molar-refractivity contribution in [1.82, 2.24) is 9.55 Å². The van der Waals surface area contributed by atoms with Crippen molar-refractivity contribution < 1.29 is 18.7 Å². The quantitative estimate of drug-likeness (QED) is 0.370. The average Bonchev–Trinajstić information content (AvgIpc) is 3.19. The minimum Gasteiger partial charge on any atom is -0.452 e. The van der Waals surface area contributed by atoms with Crippen LogP contribution in [0.4, 0.5) is 11.5 Å². The Hall–Kier alpha value is -3.86. The Balaban J connectivity index is 1.72. The van der Waals surface area contributed by atoms with Crippen molar-refractivity contribution in [2.24, 2.45) is 0 Å². The Labute approximate surface area is 190 Å². The van der Waals surface area contributed by atoms with E-state index in [1.165, 1.54) is 13.1 Å². The number of amides is 1. The minimum atomic E-state index is -0.831. The fourth-order valence-corrected chi connectivity index (χ4v) is 3.11. The van der Waals surface area contributed by atoms with Gasteiger partial charge in [-0.25, -0.2) is 9.59 Å². The number of anilines is 2. The first-order valence-corrected chi connectivity index (χ1v) is 10.1. The molecule has 0 fully saturated rings. The zero-order chi connectivity index (χ0) is 23.3. The SMILES string of the molecule is CN(C(=O)COC(=O)/C=C\c1ccc(Br)o1)c1c(N)n(Cc2ccccc2)c(=O)[nH]c1=O. The molecule has 3 aromatic rings. The maximum absolute atomic E-state index is 12.5. The highest BCUT2D eigenvalue weighted by molar-refractivity contribution is 9.10. The number of benzene rings is 1. The van der Waals surface area contributed by atoms with Crippen molar-refractivity contribution in [2.45, 2.75) is 6.54 Å². The number of esters is 1. The van der Waals surface area contributed by atoms with Gasteiger partial charge in [-0.3, -0.25) is 19.1 Å². The van der Waals surface area contributed by atoms with Crippen LogP contribution in [0.1, 0.15) is 11.3 Å². The van der Waals surface area contributed by atoms with E-state index in [4.69, 9.17) is 14.9 Å². The lowest BCUT2D eigenvalue weighted by Crippen LogP contribution is -2.40. The van der Waals surface area contributed by atoms with Gasteiger partial charge in [0.05, 0.1) is 6.54 Å². The molecule has 2 aromatic heterocycles. The molecule has 0 aliphatic rings. The average molecular weight is 503 g/mol. The van der Waals surface area contributed by atoms with Gasteiger partial charge in [0.25, 0.3) is 11.5 Å². The van der Waals surface area contributed by atoms with E-state index in [1.54, 1.807) is 36.4 Å². The Morgan fingerprint density at radius 2 is 1.94 bits per heavy atom. The minimum absolute atomic E-state index is 0.0972. The number of hydrogen-bond acceptors (Lipinski definition) is 7. The van der Waals surface area contributed by atoms with Gasteiger partial charge in [-0.15, -0.1) is 0 Å². The highest BCUT2D eigenvalue weighted by Gasteiger charge is 2.21. The lowest BCUT2D eigenvalue weighted by molar-refractivity contribution is -0.142. The number of likely N-dealkylation sites (N-methyl/N-ethyl adjacent to an activating group) is 1. The summed E-state index contributed by atoms with van der Waals surface area (Å²) < 4.78 is 11.8. The molecule has 2 heterocycles.